The summed E-state index contributed by atoms with van der Waals surface area (Å²) in [6.07, 6.45) is 0.800. The van der Waals surface area contributed by atoms with Gasteiger partial charge in [0.25, 0.3) is 5.91 Å². The number of hydrogen-bond acceptors (Lipinski definition) is 8. The van der Waals surface area contributed by atoms with Crippen molar-refractivity contribution in [2.75, 3.05) is 34.3 Å². The van der Waals surface area contributed by atoms with E-state index in [1.54, 1.807) is 4.90 Å². The van der Waals surface area contributed by atoms with Gasteiger partial charge in [-0.2, -0.15) is 4.98 Å². The van der Waals surface area contributed by atoms with Gasteiger partial charge in [0.1, 0.15) is 13.2 Å². The van der Waals surface area contributed by atoms with Crippen LogP contribution in [0.3, 0.4) is 0 Å². The van der Waals surface area contributed by atoms with Crippen LogP contribution in [0.1, 0.15) is 41.0 Å². The van der Waals surface area contributed by atoms with Crippen LogP contribution in [0.4, 0.5) is 0 Å². The van der Waals surface area contributed by atoms with E-state index in [9.17, 15) is 9.59 Å². The Morgan fingerprint density at radius 3 is 2.56 bits per heavy atom. The molecule has 0 bridgehead atoms. The summed E-state index contributed by atoms with van der Waals surface area (Å²) in [4.78, 5) is 38.5. The lowest BCUT2D eigenvalue weighted by Gasteiger charge is -2.21. The van der Waals surface area contributed by atoms with Crippen LogP contribution < -0.4 is 5.32 Å². The molecule has 2 heterocycles. The van der Waals surface area contributed by atoms with E-state index >= 15 is 0 Å². The number of carbonyl (C=O) groups excluding carboxylic acids is 2. The normalized spacial score (nSPS) is 16.5. The first kappa shape index (κ1) is 25.1. The van der Waals surface area contributed by atoms with Gasteiger partial charge in [-0.3, -0.25) is 9.59 Å². The molecule has 0 aliphatic carbocycles. The van der Waals surface area contributed by atoms with Crippen molar-refractivity contribution in [2.24, 2.45) is 5.16 Å². The number of nitrogens with zero attached hydrogens (tertiary/aromatic N) is 5. The van der Waals surface area contributed by atoms with E-state index < -0.39 is 6.04 Å². The standard InChI is InChI=1S/C26H30N6O4/c1-31(2)14-13-23(33)27-16-24-28-25(30-36-24)22-15-21(29-35-3)17-32(22)26(34)20-11-9-19(10-12-20)18-7-5-4-6-8-18/h4-12,22H,13-17H2,1-3H3,(H,27,33)/b29-21+/t22-/m0/s1. The van der Waals surface area contributed by atoms with Crippen molar-refractivity contribution in [3.63, 3.8) is 0 Å². The summed E-state index contributed by atoms with van der Waals surface area (Å²) >= 11 is 0. The first-order chi connectivity index (χ1) is 17.4. The summed E-state index contributed by atoms with van der Waals surface area (Å²) < 4.78 is 5.35. The maximum atomic E-state index is 13.5. The minimum atomic E-state index is -0.456. The zero-order valence-electron chi connectivity index (χ0n) is 20.7. The second-order valence-electron chi connectivity index (χ2n) is 8.81. The molecule has 2 amide bonds. The lowest BCUT2D eigenvalue weighted by atomic mass is 10.0. The van der Waals surface area contributed by atoms with E-state index in [2.05, 4.69) is 20.6 Å². The Bertz CT molecular complexity index is 1210. The highest BCUT2D eigenvalue weighted by atomic mass is 16.6. The second-order valence-corrected chi connectivity index (χ2v) is 8.81. The van der Waals surface area contributed by atoms with Crippen LogP contribution in [0.5, 0.6) is 0 Å². The molecule has 1 saturated heterocycles. The monoisotopic (exact) mass is 490 g/mol. The quantitative estimate of drug-likeness (QED) is 0.459. The Morgan fingerprint density at radius 2 is 1.86 bits per heavy atom. The van der Waals surface area contributed by atoms with Crippen molar-refractivity contribution in [1.29, 1.82) is 0 Å². The maximum Gasteiger partial charge on any atom is 0.254 e. The average molecular weight is 491 g/mol. The van der Waals surface area contributed by atoms with Crippen LogP contribution >= 0.6 is 0 Å². The van der Waals surface area contributed by atoms with Crippen molar-refractivity contribution in [2.45, 2.75) is 25.4 Å². The first-order valence-corrected chi connectivity index (χ1v) is 11.7. The molecule has 2 aromatic carbocycles. The van der Waals surface area contributed by atoms with Gasteiger partial charge in [0.05, 0.1) is 18.8 Å². The fourth-order valence-corrected chi connectivity index (χ4v) is 4.01. The van der Waals surface area contributed by atoms with E-state index in [1.165, 1.54) is 7.11 Å². The Balaban J connectivity index is 1.47. The topological polar surface area (TPSA) is 113 Å². The van der Waals surface area contributed by atoms with Gasteiger partial charge in [-0.05, 0) is 37.4 Å². The number of aromatic nitrogens is 2. The molecule has 3 aromatic rings. The smallest absolute Gasteiger partial charge is 0.254 e. The predicted octanol–water partition coefficient (Wildman–Crippen LogP) is 2.89. The molecule has 10 heteroatoms. The van der Waals surface area contributed by atoms with E-state index in [4.69, 9.17) is 9.36 Å². The summed E-state index contributed by atoms with van der Waals surface area (Å²) in [6.45, 7) is 1.07. The number of hydrogen-bond donors (Lipinski definition) is 1. The zero-order valence-corrected chi connectivity index (χ0v) is 20.7. The van der Waals surface area contributed by atoms with Gasteiger partial charge < -0.3 is 24.5 Å². The molecule has 10 nitrogen and oxygen atoms in total. The third kappa shape index (κ3) is 6.14. The van der Waals surface area contributed by atoms with Crippen molar-refractivity contribution < 1.29 is 18.9 Å². The number of amides is 2. The zero-order chi connectivity index (χ0) is 25.5. The van der Waals surface area contributed by atoms with E-state index in [-0.39, 0.29) is 24.2 Å². The summed E-state index contributed by atoms with van der Waals surface area (Å²) in [5.74, 6) is 0.377. The lowest BCUT2D eigenvalue weighted by molar-refractivity contribution is -0.121. The molecule has 1 atom stereocenters. The minimum absolute atomic E-state index is 0.102. The molecular weight excluding hydrogens is 460 g/mol. The third-order valence-corrected chi connectivity index (χ3v) is 5.88. The van der Waals surface area contributed by atoms with Crippen molar-refractivity contribution in [1.82, 2.24) is 25.3 Å². The summed E-state index contributed by atoms with van der Waals surface area (Å²) in [5, 5.41) is 10.9. The van der Waals surface area contributed by atoms with Gasteiger partial charge in [-0.25, -0.2) is 0 Å². The van der Waals surface area contributed by atoms with Crippen molar-refractivity contribution in [3.8, 4) is 11.1 Å². The molecule has 1 fully saturated rings. The van der Waals surface area contributed by atoms with Gasteiger partial charge in [0, 0.05) is 24.9 Å². The third-order valence-electron chi connectivity index (χ3n) is 5.88. The Morgan fingerprint density at radius 1 is 1.14 bits per heavy atom. The number of carbonyl (C=O) groups is 2. The van der Waals surface area contributed by atoms with Gasteiger partial charge >= 0.3 is 0 Å². The Hall–Kier alpha value is -4.05. The highest BCUT2D eigenvalue weighted by Gasteiger charge is 2.38. The summed E-state index contributed by atoms with van der Waals surface area (Å²) in [7, 11) is 5.29. The highest BCUT2D eigenvalue weighted by Crippen LogP contribution is 2.31. The van der Waals surface area contributed by atoms with Crippen molar-refractivity contribution >= 4 is 17.5 Å². The molecule has 1 aliphatic heterocycles. The van der Waals surface area contributed by atoms with E-state index in [1.807, 2.05) is 73.6 Å². The highest BCUT2D eigenvalue weighted by molar-refractivity contribution is 6.00. The van der Waals surface area contributed by atoms with Crippen LogP contribution in [-0.2, 0) is 16.2 Å². The number of benzene rings is 2. The molecule has 0 saturated carbocycles. The lowest BCUT2D eigenvalue weighted by Crippen LogP contribution is -2.31. The number of oxime groups is 1. The Kier molecular flexibility index (Phi) is 8.06. The van der Waals surface area contributed by atoms with E-state index in [0.29, 0.717) is 43.0 Å². The van der Waals surface area contributed by atoms with Crippen molar-refractivity contribution in [3.05, 3.63) is 71.9 Å². The van der Waals surface area contributed by atoms with Gasteiger partial charge in [0.2, 0.25) is 11.8 Å². The molecule has 1 aromatic heterocycles. The molecule has 1 aliphatic rings. The number of nitrogens with one attached hydrogen (secondary N) is 1. The molecule has 36 heavy (non-hydrogen) atoms. The first-order valence-electron chi connectivity index (χ1n) is 11.7. The molecule has 1 N–H and O–H groups in total. The van der Waals surface area contributed by atoms with Crippen LogP contribution in [-0.4, -0.2) is 71.8 Å². The molecule has 0 spiro atoms. The minimum Gasteiger partial charge on any atom is -0.399 e. The molecular formula is C26H30N6O4. The van der Waals surface area contributed by atoms with Gasteiger partial charge in [-0.15, -0.1) is 0 Å². The fraction of sp³-hybridized carbons (Fsp3) is 0.346. The maximum absolute atomic E-state index is 13.5. The number of rotatable bonds is 9. The fourth-order valence-electron chi connectivity index (χ4n) is 4.01. The van der Waals surface area contributed by atoms with E-state index in [0.717, 1.165) is 11.1 Å². The second kappa shape index (κ2) is 11.6. The Labute approximate surface area is 209 Å². The average Bonchev–Trinajstić information content (AvgIpc) is 3.54. The van der Waals surface area contributed by atoms with Crippen LogP contribution in [0.15, 0.2) is 64.3 Å². The van der Waals surface area contributed by atoms with Gasteiger partial charge in [-0.1, -0.05) is 52.8 Å². The summed E-state index contributed by atoms with van der Waals surface area (Å²) in [6, 6.07) is 17.0. The molecule has 0 unspecified atom stereocenters. The van der Waals surface area contributed by atoms with Crippen LogP contribution in [0, 0.1) is 0 Å². The molecule has 0 radical (unpaired) electrons. The van der Waals surface area contributed by atoms with Crippen LogP contribution in [0.25, 0.3) is 11.1 Å². The largest absolute Gasteiger partial charge is 0.399 e. The van der Waals surface area contributed by atoms with Gasteiger partial charge in [0.15, 0.2) is 5.82 Å². The summed E-state index contributed by atoms with van der Waals surface area (Å²) in [5.41, 5.74) is 3.37. The molecule has 4 rings (SSSR count). The molecule has 188 valence electrons. The SMILES string of the molecule is CO/N=C1\C[C@@H](c2noc(CNC(=O)CCN(C)C)n2)N(C(=O)c2ccc(-c3ccccc3)cc2)C1. The number of likely N-dealkylation sites (tertiary alicyclic amines) is 1. The van der Waals surface area contributed by atoms with Crippen LogP contribution in [0.2, 0.25) is 0 Å². The predicted molar refractivity (Wildman–Crippen MR) is 134 cm³/mol.